The Morgan fingerprint density at radius 2 is 1.59 bits per heavy atom. The van der Waals surface area contributed by atoms with Gasteiger partial charge in [0.05, 0.1) is 12.2 Å². The van der Waals surface area contributed by atoms with Crippen molar-refractivity contribution in [1.29, 1.82) is 0 Å². The summed E-state index contributed by atoms with van der Waals surface area (Å²) in [5.41, 5.74) is 1.44. The number of nitrogens with zero attached hydrogens (tertiary/aromatic N) is 1. The van der Waals surface area contributed by atoms with Gasteiger partial charge in [-0.3, -0.25) is 9.59 Å². The van der Waals surface area contributed by atoms with E-state index in [1.54, 1.807) is 24.3 Å². The van der Waals surface area contributed by atoms with Crippen LogP contribution in [0.25, 0.3) is 0 Å². The van der Waals surface area contributed by atoms with Gasteiger partial charge in [0.1, 0.15) is 19.0 Å². The van der Waals surface area contributed by atoms with Gasteiger partial charge in [-0.15, -0.1) is 10.1 Å². The molecule has 1 saturated carbocycles. The molecule has 1 aliphatic rings. The molecule has 1 fully saturated rings. The van der Waals surface area contributed by atoms with E-state index >= 15 is 0 Å². The zero-order valence-corrected chi connectivity index (χ0v) is 23.2. The Morgan fingerprint density at radius 3 is 2.28 bits per heavy atom. The molecule has 0 saturated heterocycles. The number of Topliss-reactive ketones (excluding diaryl/α,β-unsaturated/α-hetero) is 1. The second-order valence-electron chi connectivity index (χ2n) is 10.5. The minimum absolute atomic E-state index is 0.0592. The number of aliphatic hydroxyl groups excluding tert-OH is 2. The predicted octanol–water partition coefficient (Wildman–Crippen LogP) is 5.62. The first-order valence-electron chi connectivity index (χ1n) is 14.3. The highest BCUT2D eigenvalue weighted by Crippen LogP contribution is 2.38. The molecule has 4 atom stereocenters. The van der Waals surface area contributed by atoms with Crippen LogP contribution < -0.4 is 0 Å². The molecule has 0 amide bonds. The van der Waals surface area contributed by atoms with E-state index in [-0.39, 0.29) is 43.2 Å². The molecule has 0 bridgehead atoms. The second kappa shape index (κ2) is 18.5. The summed E-state index contributed by atoms with van der Waals surface area (Å²) in [6, 6.07) is 6.85. The third kappa shape index (κ3) is 13.2. The molecular weight excluding hydrogens is 502 g/mol. The summed E-state index contributed by atoms with van der Waals surface area (Å²) in [5.74, 6) is -0.177. The predicted molar refractivity (Wildman–Crippen MR) is 147 cm³/mol. The Morgan fingerprint density at radius 1 is 0.923 bits per heavy atom. The molecule has 1 aromatic carbocycles. The fourth-order valence-electron chi connectivity index (χ4n) is 5.11. The highest BCUT2D eigenvalue weighted by atomic mass is 16.9. The van der Waals surface area contributed by atoms with E-state index in [0.29, 0.717) is 50.5 Å². The molecule has 2 rings (SSSR count). The van der Waals surface area contributed by atoms with Crippen LogP contribution in [0.3, 0.4) is 0 Å². The summed E-state index contributed by atoms with van der Waals surface area (Å²) in [4.78, 5) is 38.9. The number of carbonyl (C=O) groups is 2. The number of unbranched alkanes of at least 4 members (excludes halogenated alkanes) is 5. The number of rotatable bonds is 20. The number of benzene rings is 1. The maximum Gasteiger partial charge on any atom is 0.306 e. The lowest BCUT2D eigenvalue weighted by atomic mass is 9.86. The summed E-state index contributed by atoms with van der Waals surface area (Å²) in [5, 5.41) is 30.3. The molecule has 0 radical (unpaired) electrons. The van der Waals surface area contributed by atoms with Crippen LogP contribution in [0.5, 0.6) is 0 Å². The van der Waals surface area contributed by atoms with Crippen molar-refractivity contribution >= 4 is 11.8 Å². The van der Waals surface area contributed by atoms with Crippen molar-refractivity contribution in [2.24, 2.45) is 11.8 Å². The van der Waals surface area contributed by atoms with Gasteiger partial charge in [-0.25, -0.2) is 0 Å². The molecule has 1 aliphatic carbocycles. The lowest BCUT2D eigenvalue weighted by Gasteiger charge is -2.22. The number of hydrogen-bond acceptors (Lipinski definition) is 8. The number of carbonyl (C=O) groups excluding carboxylic acids is 2. The van der Waals surface area contributed by atoms with Crippen molar-refractivity contribution in [3.63, 3.8) is 0 Å². The second-order valence-corrected chi connectivity index (χ2v) is 10.5. The Bertz CT molecular complexity index is 901. The number of esters is 1. The fraction of sp³-hybridized carbons (Fsp3) is 0.667. The SMILES string of the molecule is CCCCCCCC(=O)CC[C@@H]1[C@@H](C/C=C\CCCC(=O)OCc2ccc(CO[N+](=O)[O-])cc2)[C@@H](O)C[C@H]1O. The summed E-state index contributed by atoms with van der Waals surface area (Å²) in [6.45, 7) is 2.18. The third-order valence-corrected chi connectivity index (χ3v) is 7.42. The Labute approximate surface area is 231 Å². The van der Waals surface area contributed by atoms with E-state index in [1.165, 1.54) is 19.3 Å². The van der Waals surface area contributed by atoms with Crippen LogP contribution in [0.4, 0.5) is 0 Å². The molecule has 9 heteroatoms. The molecule has 0 aromatic heterocycles. The third-order valence-electron chi connectivity index (χ3n) is 7.42. The minimum Gasteiger partial charge on any atom is -0.461 e. The van der Waals surface area contributed by atoms with E-state index in [1.807, 2.05) is 12.2 Å². The number of ether oxygens (including phenoxy) is 1. The van der Waals surface area contributed by atoms with Crippen molar-refractivity contribution in [2.45, 2.75) is 116 Å². The Balaban J connectivity index is 1.62. The quantitative estimate of drug-likeness (QED) is 0.0705. The summed E-state index contributed by atoms with van der Waals surface area (Å²) < 4.78 is 5.29. The molecule has 2 N–H and O–H groups in total. The van der Waals surface area contributed by atoms with Gasteiger partial charge in [0.2, 0.25) is 0 Å². The zero-order chi connectivity index (χ0) is 28.5. The van der Waals surface area contributed by atoms with Gasteiger partial charge >= 0.3 is 5.97 Å². The standard InChI is InChI=1S/C30H45NO8/c1-2-3-4-5-8-11-25(32)18-19-27-26(28(33)20-29(27)34)12-9-6-7-10-13-30(35)38-21-23-14-16-24(17-15-23)22-39-31(36)37/h6,9,14-17,26-29,33-34H,2-5,7-8,10-13,18-22H2,1H3/b9-6-/t26-,27-,28+,29-/m1/s1. The van der Waals surface area contributed by atoms with Crippen molar-refractivity contribution in [1.82, 2.24) is 0 Å². The van der Waals surface area contributed by atoms with E-state index in [2.05, 4.69) is 11.8 Å². The molecule has 1 aromatic rings. The first-order valence-corrected chi connectivity index (χ1v) is 14.3. The number of ketones is 1. The van der Waals surface area contributed by atoms with Crippen LogP contribution in [-0.2, 0) is 32.4 Å². The van der Waals surface area contributed by atoms with Gasteiger partial charge in [-0.1, -0.05) is 69.0 Å². The average Bonchev–Trinajstić information content (AvgIpc) is 3.18. The van der Waals surface area contributed by atoms with Crippen molar-refractivity contribution < 1.29 is 34.5 Å². The molecule has 0 aliphatic heterocycles. The van der Waals surface area contributed by atoms with Crippen molar-refractivity contribution in [3.05, 3.63) is 57.7 Å². The fourth-order valence-corrected chi connectivity index (χ4v) is 5.11. The summed E-state index contributed by atoms with van der Waals surface area (Å²) in [7, 11) is 0. The van der Waals surface area contributed by atoms with E-state index in [0.717, 1.165) is 18.4 Å². The summed E-state index contributed by atoms with van der Waals surface area (Å²) >= 11 is 0. The van der Waals surface area contributed by atoms with Crippen LogP contribution in [0.1, 0.15) is 102 Å². The minimum atomic E-state index is -0.841. The van der Waals surface area contributed by atoms with Crippen molar-refractivity contribution in [3.8, 4) is 0 Å². The van der Waals surface area contributed by atoms with Crippen LogP contribution in [0.15, 0.2) is 36.4 Å². The van der Waals surface area contributed by atoms with Crippen LogP contribution in [-0.4, -0.2) is 39.3 Å². The first kappa shape index (κ1) is 32.4. The molecule has 0 unspecified atom stereocenters. The molecule has 9 nitrogen and oxygen atoms in total. The highest BCUT2D eigenvalue weighted by Gasteiger charge is 2.40. The van der Waals surface area contributed by atoms with E-state index < -0.39 is 17.3 Å². The maximum absolute atomic E-state index is 12.3. The van der Waals surface area contributed by atoms with Crippen molar-refractivity contribution in [2.75, 3.05) is 0 Å². The zero-order valence-electron chi connectivity index (χ0n) is 23.2. The molecule has 0 spiro atoms. The number of allylic oxidation sites excluding steroid dienone is 2. The molecule has 39 heavy (non-hydrogen) atoms. The van der Waals surface area contributed by atoms with Gasteiger partial charge in [0.25, 0.3) is 5.09 Å². The van der Waals surface area contributed by atoms with Crippen LogP contribution in [0, 0.1) is 22.0 Å². The van der Waals surface area contributed by atoms with Gasteiger partial charge in [-0.2, -0.15) is 0 Å². The van der Waals surface area contributed by atoms with E-state index in [4.69, 9.17) is 4.74 Å². The smallest absolute Gasteiger partial charge is 0.306 e. The van der Waals surface area contributed by atoms with Crippen LogP contribution >= 0.6 is 0 Å². The Hall–Kier alpha value is -2.78. The van der Waals surface area contributed by atoms with Gasteiger partial charge in [-0.05, 0) is 61.5 Å². The first-order chi connectivity index (χ1) is 18.8. The maximum atomic E-state index is 12.3. The number of aliphatic hydroxyl groups is 2. The Kier molecular flexibility index (Phi) is 15.4. The average molecular weight is 548 g/mol. The monoisotopic (exact) mass is 547 g/mol. The topological polar surface area (TPSA) is 136 Å². The number of hydrogen-bond donors (Lipinski definition) is 2. The molecule has 218 valence electrons. The molecule has 0 heterocycles. The van der Waals surface area contributed by atoms with E-state index in [9.17, 15) is 29.9 Å². The summed E-state index contributed by atoms with van der Waals surface area (Å²) in [6.07, 6.45) is 12.8. The highest BCUT2D eigenvalue weighted by molar-refractivity contribution is 5.78. The lowest BCUT2D eigenvalue weighted by Crippen LogP contribution is -2.22. The molecular formula is C30H45NO8. The van der Waals surface area contributed by atoms with Crippen LogP contribution in [0.2, 0.25) is 0 Å². The van der Waals surface area contributed by atoms with Gasteiger partial charge < -0.3 is 19.8 Å². The van der Waals surface area contributed by atoms with Gasteiger partial charge in [0.15, 0.2) is 0 Å². The lowest BCUT2D eigenvalue weighted by molar-refractivity contribution is -0.763. The van der Waals surface area contributed by atoms with Gasteiger partial charge in [0, 0.05) is 19.3 Å². The largest absolute Gasteiger partial charge is 0.461 e. The normalized spacial score (nSPS) is 20.8.